The second-order valence-electron chi connectivity index (χ2n) is 14.2. The number of nitrogens with one attached hydrogen (secondary N) is 2. The van der Waals surface area contributed by atoms with E-state index in [2.05, 4.69) is 20.4 Å². The van der Waals surface area contributed by atoms with Gasteiger partial charge in [0, 0.05) is 80.9 Å². The van der Waals surface area contributed by atoms with Gasteiger partial charge in [-0.1, -0.05) is 25.1 Å². The average molecular weight is 735 g/mol. The first-order valence-corrected chi connectivity index (χ1v) is 16.9. The molecular formula is C35H40F6N8O3. The van der Waals surface area contributed by atoms with Gasteiger partial charge in [0.25, 0.3) is 5.91 Å². The number of hydrogen-bond donors (Lipinski definition) is 2. The lowest BCUT2D eigenvalue weighted by Crippen LogP contribution is -2.56. The van der Waals surface area contributed by atoms with Crippen molar-refractivity contribution in [2.75, 3.05) is 50.7 Å². The highest BCUT2D eigenvalue weighted by atomic mass is 19.4. The first-order chi connectivity index (χ1) is 24.4. The van der Waals surface area contributed by atoms with Gasteiger partial charge in [0.05, 0.1) is 17.2 Å². The molecule has 2 aromatic carbocycles. The van der Waals surface area contributed by atoms with Crippen molar-refractivity contribution in [1.82, 2.24) is 35.1 Å². The minimum absolute atomic E-state index is 0.0215. The third-order valence-corrected chi connectivity index (χ3v) is 9.49. The lowest BCUT2D eigenvalue weighted by Gasteiger charge is -2.44. The Morgan fingerprint density at radius 2 is 1.56 bits per heavy atom. The van der Waals surface area contributed by atoms with Crippen LogP contribution in [0.1, 0.15) is 66.4 Å². The molecule has 0 spiro atoms. The van der Waals surface area contributed by atoms with E-state index in [9.17, 15) is 35.9 Å². The third kappa shape index (κ3) is 7.98. The Balaban J connectivity index is 1.25. The lowest BCUT2D eigenvalue weighted by atomic mass is 9.89. The highest BCUT2D eigenvalue weighted by Gasteiger charge is 2.41. The second kappa shape index (κ2) is 14.0. The summed E-state index contributed by atoms with van der Waals surface area (Å²) in [5.74, 6) is -0.696. The van der Waals surface area contributed by atoms with Gasteiger partial charge in [0.1, 0.15) is 11.3 Å². The molecule has 280 valence electrons. The first kappa shape index (κ1) is 37.0. The Hall–Kier alpha value is -4.80. The largest absolute Gasteiger partial charge is 0.444 e. The summed E-state index contributed by atoms with van der Waals surface area (Å²) >= 11 is 0. The number of nitrogens with zero attached hydrogens (tertiary/aromatic N) is 6. The summed E-state index contributed by atoms with van der Waals surface area (Å²) in [4.78, 5) is 36.9. The normalized spacial score (nSPS) is 18.6. The summed E-state index contributed by atoms with van der Waals surface area (Å²) in [5.41, 5.74) is -2.07. The van der Waals surface area contributed by atoms with E-state index in [-0.39, 0.29) is 31.6 Å². The molecule has 0 bridgehead atoms. The number of carbonyl (C=O) groups is 2. The van der Waals surface area contributed by atoms with Crippen molar-refractivity contribution in [2.24, 2.45) is 0 Å². The van der Waals surface area contributed by atoms with Crippen LogP contribution in [-0.4, -0.2) is 105 Å². The number of ether oxygens (including phenoxy) is 1. The fourth-order valence-electron chi connectivity index (χ4n) is 6.86. The SMILES string of the molecule is CC(c1c[nH]c2ccccc12)[C@@H]1CN(Cc2n[nH]nc2N2CCN(C(=O)OC(C)(C)C)CC2)CCN1C(=O)c1cc(C(F)(F)F)cc(C(F)(F)F)c1. The van der Waals surface area contributed by atoms with E-state index in [0.29, 0.717) is 56.4 Å². The number of H-pyrrole nitrogens is 2. The highest BCUT2D eigenvalue weighted by molar-refractivity contribution is 5.95. The van der Waals surface area contributed by atoms with E-state index < -0.39 is 52.7 Å². The van der Waals surface area contributed by atoms with Gasteiger partial charge in [0.2, 0.25) is 0 Å². The minimum atomic E-state index is -5.09. The number of carbonyl (C=O) groups excluding carboxylic acids is 2. The van der Waals surface area contributed by atoms with Crippen molar-refractivity contribution >= 4 is 28.7 Å². The number of para-hydroxylation sites is 1. The van der Waals surface area contributed by atoms with Crippen LogP contribution in [0.5, 0.6) is 0 Å². The van der Waals surface area contributed by atoms with Gasteiger partial charge in [-0.2, -0.15) is 36.7 Å². The van der Waals surface area contributed by atoms with Crippen LogP contribution >= 0.6 is 0 Å². The zero-order valence-electron chi connectivity index (χ0n) is 29.1. The van der Waals surface area contributed by atoms with Crippen LogP contribution in [0.4, 0.5) is 37.0 Å². The van der Waals surface area contributed by atoms with Crippen LogP contribution in [-0.2, 0) is 23.6 Å². The molecule has 4 heterocycles. The molecule has 6 rings (SSSR count). The molecule has 2 aliphatic heterocycles. The maximum Gasteiger partial charge on any atom is 0.416 e. The monoisotopic (exact) mass is 734 g/mol. The van der Waals surface area contributed by atoms with E-state index in [1.54, 1.807) is 25.7 Å². The standard InChI is InChI=1S/C35H40F6N8O3/c1-21(26-18-42-27-8-6-5-7-25(26)27)29-20-46(9-14-49(29)31(50)22-15-23(34(36,37)38)17-24(16-22)35(39,40)41)19-28-30(44-45-43-28)47-10-12-48(13-11-47)32(51)52-33(2,3)4/h5-8,15-18,21,29,42H,9-14,19-20H2,1-4H3,(H,43,44,45)/t21?,29-/m0/s1. The van der Waals surface area contributed by atoms with Crippen LogP contribution in [0.25, 0.3) is 10.9 Å². The van der Waals surface area contributed by atoms with Gasteiger partial charge >= 0.3 is 18.4 Å². The first-order valence-electron chi connectivity index (χ1n) is 16.9. The van der Waals surface area contributed by atoms with Crippen LogP contribution in [0.3, 0.4) is 0 Å². The summed E-state index contributed by atoms with van der Waals surface area (Å²) in [6.07, 6.45) is -8.77. The van der Waals surface area contributed by atoms with E-state index in [0.717, 1.165) is 16.5 Å². The highest BCUT2D eigenvalue weighted by Crippen LogP contribution is 2.38. The van der Waals surface area contributed by atoms with Crippen molar-refractivity contribution in [1.29, 1.82) is 0 Å². The summed E-state index contributed by atoms with van der Waals surface area (Å²) in [6.45, 7) is 9.96. The molecule has 0 aliphatic carbocycles. The van der Waals surface area contributed by atoms with Crippen LogP contribution in [0, 0.1) is 0 Å². The fourth-order valence-corrected chi connectivity index (χ4v) is 6.86. The topological polar surface area (TPSA) is 114 Å². The van der Waals surface area contributed by atoms with Crippen molar-refractivity contribution in [3.63, 3.8) is 0 Å². The van der Waals surface area contributed by atoms with Gasteiger partial charge in [-0.15, -0.1) is 5.10 Å². The summed E-state index contributed by atoms with van der Waals surface area (Å²) in [7, 11) is 0. The Morgan fingerprint density at radius 3 is 2.19 bits per heavy atom. The molecule has 2 N–H and O–H groups in total. The Kier molecular flexibility index (Phi) is 9.93. The zero-order valence-corrected chi connectivity index (χ0v) is 29.1. The number of hydrogen-bond acceptors (Lipinski definition) is 7. The molecule has 0 radical (unpaired) electrons. The quantitative estimate of drug-likeness (QED) is 0.217. The minimum Gasteiger partial charge on any atom is -0.444 e. The molecule has 0 saturated carbocycles. The molecular weight excluding hydrogens is 694 g/mol. The number of rotatable bonds is 6. The molecule has 17 heteroatoms. The molecule has 2 atom stereocenters. The predicted octanol–water partition coefficient (Wildman–Crippen LogP) is 6.51. The number of fused-ring (bicyclic) bond motifs is 1. The number of anilines is 1. The van der Waals surface area contributed by atoms with Crippen molar-refractivity contribution in [3.05, 3.63) is 76.6 Å². The molecule has 11 nitrogen and oxygen atoms in total. The van der Waals surface area contributed by atoms with Crippen molar-refractivity contribution in [3.8, 4) is 0 Å². The summed E-state index contributed by atoms with van der Waals surface area (Å²) in [5, 5.41) is 12.3. The molecule has 2 saturated heterocycles. The number of benzene rings is 2. The predicted molar refractivity (Wildman–Crippen MR) is 180 cm³/mol. The maximum atomic E-state index is 14.0. The summed E-state index contributed by atoms with van der Waals surface area (Å²) in [6, 6.07) is 7.89. The molecule has 4 aromatic rings. The number of aromatic amines is 2. The fraction of sp³-hybridized carbons (Fsp3) is 0.486. The van der Waals surface area contributed by atoms with Crippen molar-refractivity contribution < 1.29 is 40.7 Å². The molecule has 2 aromatic heterocycles. The van der Waals surface area contributed by atoms with Gasteiger partial charge in [-0.25, -0.2) is 4.79 Å². The molecule has 2 amide bonds. The lowest BCUT2D eigenvalue weighted by molar-refractivity contribution is -0.143. The Morgan fingerprint density at radius 1 is 0.904 bits per heavy atom. The maximum absolute atomic E-state index is 14.0. The molecule has 2 aliphatic rings. The Labute approximate surface area is 295 Å². The average Bonchev–Trinajstić information content (AvgIpc) is 3.73. The van der Waals surface area contributed by atoms with Crippen LogP contribution in [0.15, 0.2) is 48.7 Å². The smallest absolute Gasteiger partial charge is 0.416 e. The van der Waals surface area contributed by atoms with E-state index in [1.807, 2.05) is 47.2 Å². The van der Waals surface area contributed by atoms with Gasteiger partial charge in [-0.3, -0.25) is 9.69 Å². The van der Waals surface area contributed by atoms with Crippen LogP contribution < -0.4 is 4.90 Å². The van der Waals surface area contributed by atoms with Crippen LogP contribution in [0.2, 0.25) is 0 Å². The number of alkyl halides is 6. The zero-order chi connectivity index (χ0) is 37.6. The van der Waals surface area contributed by atoms with E-state index in [4.69, 9.17) is 4.74 Å². The van der Waals surface area contributed by atoms with Gasteiger partial charge < -0.3 is 24.4 Å². The number of piperazine rings is 2. The van der Waals surface area contributed by atoms with Gasteiger partial charge in [0.15, 0.2) is 5.82 Å². The van der Waals surface area contributed by atoms with Crippen molar-refractivity contribution in [2.45, 2.75) is 64.2 Å². The Bertz CT molecular complexity index is 1880. The number of halogens is 6. The molecule has 52 heavy (non-hydrogen) atoms. The van der Waals surface area contributed by atoms with E-state index in [1.165, 1.54) is 4.90 Å². The van der Waals surface area contributed by atoms with Gasteiger partial charge in [-0.05, 0) is 50.6 Å². The number of amides is 2. The van der Waals surface area contributed by atoms with E-state index >= 15 is 0 Å². The summed E-state index contributed by atoms with van der Waals surface area (Å²) < 4.78 is 88.0. The number of aromatic nitrogens is 4. The molecule has 2 fully saturated rings. The molecule has 1 unspecified atom stereocenters. The second-order valence-corrected chi connectivity index (χ2v) is 14.2. The third-order valence-electron chi connectivity index (χ3n) is 9.49.